The highest BCUT2D eigenvalue weighted by molar-refractivity contribution is 5.82. The molecule has 0 bridgehead atoms. The molecule has 1 aliphatic heterocycles. The molecule has 1 aromatic heterocycles. The summed E-state index contributed by atoms with van der Waals surface area (Å²) >= 11 is 0. The van der Waals surface area contributed by atoms with Crippen LogP contribution in [0.4, 0.5) is 4.39 Å². The summed E-state index contributed by atoms with van der Waals surface area (Å²) in [5, 5.41) is 0. The second-order valence-corrected chi connectivity index (χ2v) is 6.88. The summed E-state index contributed by atoms with van der Waals surface area (Å²) < 4.78 is 19.1. The predicted octanol–water partition coefficient (Wildman–Crippen LogP) is 3.80. The molecule has 0 saturated heterocycles. The van der Waals surface area contributed by atoms with E-state index in [1.807, 2.05) is 42.5 Å². The van der Waals surface area contributed by atoms with Crippen molar-refractivity contribution in [2.24, 2.45) is 0 Å². The average molecular weight is 376 g/mol. The number of ether oxygens (including phenoxy) is 1. The molecule has 28 heavy (non-hydrogen) atoms. The fourth-order valence-electron chi connectivity index (χ4n) is 3.40. The van der Waals surface area contributed by atoms with Crippen molar-refractivity contribution in [1.29, 1.82) is 0 Å². The van der Waals surface area contributed by atoms with Gasteiger partial charge in [-0.1, -0.05) is 36.4 Å². The van der Waals surface area contributed by atoms with Crippen molar-refractivity contribution in [3.05, 3.63) is 95.6 Å². The number of pyridine rings is 1. The van der Waals surface area contributed by atoms with Gasteiger partial charge >= 0.3 is 0 Å². The maximum absolute atomic E-state index is 13.2. The second kappa shape index (κ2) is 8.21. The van der Waals surface area contributed by atoms with Crippen LogP contribution in [0.1, 0.15) is 16.8 Å². The zero-order valence-electron chi connectivity index (χ0n) is 15.4. The summed E-state index contributed by atoms with van der Waals surface area (Å²) in [6, 6.07) is 19.7. The van der Waals surface area contributed by atoms with Crippen LogP contribution in [-0.4, -0.2) is 28.4 Å². The van der Waals surface area contributed by atoms with Crippen molar-refractivity contribution < 1.29 is 13.9 Å². The maximum Gasteiger partial charge on any atom is 0.264 e. The Balaban J connectivity index is 1.50. The third kappa shape index (κ3) is 4.19. The SMILES string of the molecule is O=C(C1Cc2ccccc2O1)N(CCc1ccccn1)Cc1ccc(F)cc1. The number of para-hydroxylation sites is 1. The normalized spacial score (nSPS) is 15.0. The lowest BCUT2D eigenvalue weighted by atomic mass is 10.1. The number of aromatic nitrogens is 1. The van der Waals surface area contributed by atoms with Gasteiger partial charge in [-0.2, -0.15) is 0 Å². The van der Waals surface area contributed by atoms with E-state index in [1.165, 1.54) is 12.1 Å². The lowest BCUT2D eigenvalue weighted by Gasteiger charge is -2.25. The number of nitrogens with zero attached hydrogens (tertiary/aromatic N) is 2. The summed E-state index contributed by atoms with van der Waals surface area (Å²) in [5.41, 5.74) is 2.86. The third-order valence-corrected chi connectivity index (χ3v) is 4.88. The van der Waals surface area contributed by atoms with Crippen LogP contribution < -0.4 is 4.74 Å². The standard InChI is InChI=1S/C23H21FN2O2/c24-19-10-8-17(9-11-19)16-26(14-12-20-6-3-4-13-25-20)23(27)22-15-18-5-1-2-7-21(18)28-22/h1-11,13,22H,12,14-16H2. The molecule has 4 rings (SSSR count). The minimum atomic E-state index is -0.526. The number of amides is 1. The van der Waals surface area contributed by atoms with E-state index in [4.69, 9.17) is 4.74 Å². The van der Waals surface area contributed by atoms with Gasteiger partial charge < -0.3 is 9.64 Å². The van der Waals surface area contributed by atoms with E-state index in [9.17, 15) is 9.18 Å². The van der Waals surface area contributed by atoms with Gasteiger partial charge in [0.15, 0.2) is 6.10 Å². The van der Waals surface area contributed by atoms with Gasteiger partial charge in [0.1, 0.15) is 11.6 Å². The van der Waals surface area contributed by atoms with Crippen LogP contribution in [0, 0.1) is 5.82 Å². The van der Waals surface area contributed by atoms with Crippen LogP contribution in [0.25, 0.3) is 0 Å². The van der Waals surface area contributed by atoms with E-state index in [-0.39, 0.29) is 11.7 Å². The first kappa shape index (κ1) is 18.2. The Morgan fingerprint density at radius 1 is 1.07 bits per heavy atom. The Labute approximate surface area is 163 Å². The number of fused-ring (bicyclic) bond motifs is 1. The molecule has 0 fully saturated rings. The number of halogens is 1. The average Bonchev–Trinajstić information content (AvgIpc) is 3.17. The topological polar surface area (TPSA) is 42.4 Å². The molecule has 0 aliphatic carbocycles. The molecule has 0 N–H and O–H groups in total. The quantitative estimate of drug-likeness (QED) is 0.657. The first-order chi connectivity index (χ1) is 13.7. The van der Waals surface area contributed by atoms with E-state index in [0.717, 1.165) is 22.6 Å². The molecular weight excluding hydrogens is 355 g/mol. The summed E-state index contributed by atoms with van der Waals surface area (Å²) in [4.78, 5) is 19.3. The molecule has 1 aliphatic rings. The summed E-state index contributed by atoms with van der Waals surface area (Å²) in [7, 11) is 0. The van der Waals surface area contributed by atoms with Gasteiger partial charge in [-0.3, -0.25) is 9.78 Å². The molecule has 1 atom stereocenters. The highest BCUT2D eigenvalue weighted by Crippen LogP contribution is 2.29. The lowest BCUT2D eigenvalue weighted by Crippen LogP contribution is -2.42. The highest BCUT2D eigenvalue weighted by Gasteiger charge is 2.32. The van der Waals surface area contributed by atoms with Gasteiger partial charge in [0, 0.05) is 37.8 Å². The van der Waals surface area contributed by atoms with Gasteiger partial charge in [0.25, 0.3) is 5.91 Å². The fourth-order valence-corrected chi connectivity index (χ4v) is 3.40. The van der Waals surface area contributed by atoms with Crippen molar-refractivity contribution in [2.45, 2.75) is 25.5 Å². The van der Waals surface area contributed by atoms with Crippen molar-refractivity contribution >= 4 is 5.91 Å². The fraction of sp³-hybridized carbons (Fsp3) is 0.217. The number of hydrogen-bond acceptors (Lipinski definition) is 3. The molecule has 0 spiro atoms. The Hall–Kier alpha value is -3.21. The summed E-state index contributed by atoms with van der Waals surface area (Å²) in [6.07, 6.45) is 2.44. The Morgan fingerprint density at radius 3 is 2.61 bits per heavy atom. The zero-order valence-corrected chi connectivity index (χ0v) is 15.4. The maximum atomic E-state index is 13.2. The molecule has 2 heterocycles. The van der Waals surface area contributed by atoms with Crippen molar-refractivity contribution in [3.8, 4) is 5.75 Å². The zero-order chi connectivity index (χ0) is 19.3. The van der Waals surface area contributed by atoms with E-state index in [1.54, 1.807) is 23.2 Å². The number of carbonyl (C=O) groups is 1. The van der Waals surface area contributed by atoms with E-state index in [0.29, 0.717) is 25.9 Å². The molecule has 1 amide bonds. The number of rotatable bonds is 6. The van der Waals surface area contributed by atoms with Gasteiger partial charge in [0.2, 0.25) is 0 Å². The van der Waals surface area contributed by atoms with Crippen LogP contribution in [-0.2, 0) is 24.2 Å². The first-order valence-corrected chi connectivity index (χ1v) is 9.37. The van der Waals surface area contributed by atoms with Crippen LogP contribution in [0.5, 0.6) is 5.75 Å². The molecule has 5 heteroatoms. The predicted molar refractivity (Wildman–Crippen MR) is 104 cm³/mol. The lowest BCUT2D eigenvalue weighted by molar-refractivity contribution is -0.138. The minimum absolute atomic E-state index is 0.0588. The Morgan fingerprint density at radius 2 is 1.86 bits per heavy atom. The minimum Gasteiger partial charge on any atom is -0.480 e. The monoisotopic (exact) mass is 376 g/mol. The van der Waals surface area contributed by atoms with Gasteiger partial charge in [-0.25, -0.2) is 4.39 Å². The Bertz CT molecular complexity index is 919. The molecule has 2 aromatic carbocycles. The van der Waals surface area contributed by atoms with E-state index < -0.39 is 6.10 Å². The molecule has 0 saturated carbocycles. The summed E-state index contributed by atoms with van der Waals surface area (Å²) in [5.74, 6) is 0.424. The van der Waals surface area contributed by atoms with Crippen molar-refractivity contribution in [3.63, 3.8) is 0 Å². The summed E-state index contributed by atoms with van der Waals surface area (Å²) in [6.45, 7) is 0.922. The van der Waals surface area contributed by atoms with Crippen molar-refractivity contribution in [2.75, 3.05) is 6.54 Å². The Kier molecular flexibility index (Phi) is 5.33. The van der Waals surface area contributed by atoms with Crippen molar-refractivity contribution in [1.82, 2.24) is 9.88 Å². The van der Waals surface area contributed by atoms with Crippen LogP contribution in [0.3, 0.4) is 0 Å². The smallest absolute Gasteiger partial charge is 0.264 e. The van der Waals surface area contributed by atoms with Gasteiger partial charge in [-0.05, 0) is 41.5 Å². The number of benzene rings is 2. The molecular formula is C23H21FN2O2. The van der Waals surface area contributed by atoms with Gasteiger partial charge in [0.05, 0.1) is 0 Å². The second-order valence-electron chi connectivity index (χ2n) is 6.88. The van der Waals surface area contributed by atoms with Crippen LogP contribution >= 0.6 is 0 Å². The number of carbonyl (C=O) groups excluding carboxylic acids is 1. The van der Waals surface area contributed by atoms with E-state index in [2.05, 4.69) is 4.98 Å². The molecule has 142 valence electrons. The molecule has 1 unspecified atom stereocenters. The largest absolute Gasteiger partial charge is 0.480 e. The van der Waals surface area contributed by atoms with Crippen LogP contribution in [0.15, 0.2) is 72.9 Å². The third-order valence-electron chi connectivity index (χ3n) is 4.88. The highest BCUT2D eigenvalue weighted by atomic mass is 19.1. The van der Waals surface area contributed by atoms with Crippen LogP contribution in [0.2, 0.25) is 0 Å². The number of hydrogen-bond donors (Lipinski definition) is 0. The van der Waals surface area contributed by atoms with Gasteiger partial charge in [-0.15, -0.1) is 0 Å². The van der Waals surface area contributed by atoms with E-state index >= 15 is 0 Å². The first-order valence-electron chi connectivity index (χ1n) is 9.37. The molecule has 0 radical (unpaired) electrons. The molecule has 3 aromatic rings. The molecule has 4 nitrogen and oxygen atoms in total.